The quantitative estimate of drug-likeness (QED) is 0.239. The van der Waals surface area contributed by atoms with E-state index in [4.69, 9.17) is 9.73 Å². The topological polar surface area (TPSA) is 24.8 Å². The molecule has 2 aromatic rings. The summed E-state index contributed by atoms with van der Waals surface area (Å²) in [5.74, 6) is 0.984. The Labute approximate surface area is 194 Å². The third-order valence-electron chi connectivity index (χ3n) is 5.46. The molecule has 0 aromatic heterocycles. The molecular weight excluding hydrogens is 458 g/mol. The van der Waals surface area contributed by atoms with E-state index in [9.17, 15) is 26.3 Å². The number of benzene rings is 2. The highest BCUT2D eigenvalue weighted by Gasteiger charge is 2.36. The van der Waals surface area contributed by atoms with E-state index in [-0.39, 0.29) is 30.9 Å². The second kappa shape index (κ2) is 10.6. The molecule has 0 aliphatic carbocycles. The number of alkyl halides is 6. The van der Waals surface area contributed by atoms with Crippen LogP contribution in [0.3, 0.4) is 0 Å². The van der Waals surface area contributed by atoms with Crippen LogP contribution in [0.1, 0.15) is 48.1 Å². The summed E-state index contributed by atoms with van der Waals surface area (Å²) >= 11 is 0. The van der Waals surface area contributed by atoms with E-state index in [0.717, 1.165) is 29.8 Å². The van der Waals surface area contributed by atoms with E-state index >= 15 is 0 Å². The number of rotatable bonds is 7. The van der Waals surface area contributed by atoms with Gasteiger partial charge in [-0.15, -0.1) is 0 Å². The normalized spacial score (nSPS) is 18.4. The third-order valence-corrected chi connectivity index (χ3v) is 5.46. The molecule has 0 saturated carbocycles. The molecule has 2 aromatic carbocycles. The van der Waals surface area contributed by atoms with Crippen molar-refractivity contribution in [2.75, 3.05) is 20.2 Å². The van der Waals surface area contributed by atoms with Crippen molar-refractivity contribution in [2.24, 2.45) is 4.99 Å². The molecular formula is C25H26F6N2O. The molecule has 0 fully saturated rings. The maximum atomic E-state index is 13.1. The van der Waals surface area contributed by atoms with Gasteiger partial charge in [-0.05, 0) is 41.3 Å². The molecule has 0 amide bonds. The molecule has 0 radical (unpaired) electrons. The lowest BCUT2D eigenvalue weighted by molar-refractivity contribution is -0.143. The lowest BCUT2D eigenvalue weighted by Gasteiger charge is -2.32. The molecule has 0 N–H and O–H groups in total. The van der Waals surface area contributed by atoms with Gasteiger partial charge in [0.25, 0.3) is 0 Å². The fourth-order valence-corrected chi connectivity index (χ4v) is 3.81. The van der Waals surface area contributed by atoms with Gasteiger partial charge in [0.2, 0.25) is 0 Å². The van der Waals surface area contributed by atoms with Gasteiger partial charge in [0.1, 0.15) is 5.84 Å². The molecule has 1 heterocycles. The second-order valence-corrected chi connectivity index (χ2v) is 8.17. The highest BCUT2D eigenvalue weighted by atomic mass is 19.4. The maximum absolute atomic E-state index is 13.1. The van der Waals surface area contributed by atoms with Gasteiger partial charge in [-0.2, -0.15) is 26.3 Å². The van der Waals surface area contributed by atoms with Gasteiger partial charge in [-0.25, -0.2) is 0 Å². The van der Waals surface area contributed by atoms with Crippen LogP contribution in [-0.2, 0) is 23.7 Å². The molecule has 34 heavy (non-hydrogen) atoms. The van der Waals surface area contributed by atoms with Gasteiger partial charge in [-0.3, -0.25) is 4.99 Å². The second-order valence-electron chi connectivity index (χ2n) is 8.17. The Balaban J connectivity index is 1.78. The summed E-state index contributed by atoms with van der Waals surface area (Å²) < 4.78 is 83.8. The predicted octanol–water partition coefficient (Wildman–Crippen LogP) is 7.05. The maximum Gasteiger partial charge on any atom is 0.416 e. The van der Waals surface area contributed by atoms with Gasteiger partial charge < -0.3 is 9.64 Å². The van der Waals surface area contributed by atoms with Crippen LogP contribution in [0.2, 0.25) is 0 Å². The van der Waals surface area contributed by atoms with Crippen molar-refractivity contribution in [3.05, 3.63) is 82.4 Å². The summed E-state index contributed by atoms with van der Waals surface area (Å²) in [5, 5.41) is 0. The first-order valence-electron chi connectivity index (χ1n) is 10.9. The van der Waals surface area contributed by atoms with Gasteiger partial charge in [0, 0.05) is 20.0 Å². The van der Waals surface area contributed by atoms with Crippen molar-refractivity contribution in [1.82, 2.24) is 4.90 Å². The smallest absolute Gasteiger partial charge is 0.373 e. The first-order valence-corrected chi connectivity index (χ1v) is 10.9. The summed E-state index contributed by atoms with van der Waals surface area (Å²) in [6.07, 6.45) is -6.19. The fourth-order valence-electron chi connectivity index (χ4n) is 3.81. The summed E-state index contributed by atoms with van der Waals surface area (Å²) in [6, 6.07) is 11.0. The first kappa shape index (κ1) is 25.8. The third kappa shape index (κ3) is 6.62. The average molecular weight is 484 g/mol. The van der Waals surface area contributed by atoms with Crippen LogP contribution < -0.4 is 0 Å². The molecule has 1 aliphatic heterocycles. The number of halogens is 6. The van der Waals surface area contributed by atoms with Crippen LogP contribution in [0, 0.1) is 0 Å². The van der Waals surface area contributed by atoms with Crippen molar-refractivity contribution >= 4 is 5.84 Å². The van der Waals surface area contributed by atoms with Crippen molar-refractivity contribution < 1.29 is 31.1 Å². The lowest BCUT2D eigenvalue weighted by Crippen LogP contribution is -2.34. The SMILES string of the molecule is CCCC1=N[C@H](c2ccccc2)/C(=C/COCc2cc(C(F)(F)F)cc(C(F)(F)F)c2)CN1C. The fraction of sp³-hybridized carbons (Fsp3) is 0.400. The van der Waals surface area contributed by atoms with E-state index in [1.807, 2.05) is 42.3 Å². The molecule has 1 atom stereocenters. The van der Waals surface area contributed by atoms with Crippen LogP contribution in [0.25, 0.3) is 0 Å². The van der Waals surface area contributed by atoms with Crippen molar-refractivity contribution in [1.29, 1.82) is 0 Å². The minimum absolute atomic E-state index is 0.0305. The molecule has 0 spiro atoms. The number of amidine groups is 1. The average Bonchev–Trinajstić information content (AvgIpc) is 2.77. The lowest BCUT2D eigenvalue weighted by atomic mass is 9.96. The zero-order valence-electron chi connectivity index (χ0n) is 18.9. The van der Waals surface area contributed by atoms with Gasteiger partial charge in [0.15, 0.2) is 0 Å². The van der Waals surface area contributed by atoms with Crippen LogP contribution in [0.15, 0.2) is 65.2 Å². The summed E-state index contributed by atoms with van der Waals surface area (Å²) in [5.41, 5.74) is -0.939. The monoisotopic (exact) mass is 484 g/mol. The van der Waals surface area contributed by atoms with Crippen molar-refractivity contribution in [3.8, 4) is 0 Å². The van der Waals surface area contributed by atoms with E-state index in [1.54, 1.807) is 6.08 Å². The number of hydrogen-bond acceptors (Lipinski definition) is 3. The highest BCUT2D eigenvalue weighted by Crippen LogP contribution is 2.36. The minimum Gasteiger partial charge on any atom is -0.373 e. The predicted molar refractivity (Wildman–Crippen MR) is 118 cm³/mol. The van der Waals surface area contributed by atoms with Gasteiger partial charge >= 0.3 is 12.4 Å². The molecule has 184 valence electrons. The molecule has 1 aliphatic rings. The highest BCUT2D eigenvalue weighted by molar-refractivity contribution is 5.83. The number of likely N-dealkylation sites (N-methyl/N-ethyl adjacent to an activating group) is 1. The van der Waals surface area contributed by atoms with Crippen LogP contribution in [0.4, 0.5) is 26.3 Å². The molecule has 3 nitrogen and oxygen atoms in total. The Hall–Kier alpha value is -2.81. The Kier molecular flexibility index (Phi) is 8.07. The van der Waals surface area contributed by atoms with E-state index in [1.165, 1.54) is 0 Å². The van der Waals surface area contributed by atoms with Gasteiger partial charge in [-0.1, -0.05) is 43.3 Å². The zero-order chi connectivity index (χ0) is 24.9. The summed E-state index contributed by atoms with van der Waals surface area (Å²) in [4.78, 5) is 6.93. The standard InChI is InChI=1S/C25H26F6N2O/c1-3-7-22-32-23(18-8-5-4-6-9-18)19(15-33(22)2)10-11-34-16-17-12-20(24(26,27)28)14-21(13-17)25(29,30)31/h4-6,8-10,12-14,23H,3,7,11,15-16H2,1-2H3/b19-10+/t23-/m1/s1. The Morgan fingerprint density at radius 3 is 2.18 bits per heavy atom. The number of aliphatic imine (C=N–C) groups is 1. The van der Waals surface area contributed by atoms with Gasteiger partial charge in [0.05, 0.1) is 30.4 Å². The first-order chi connectivity index (χ1) is 16.0. The van der Waals surface area contributed by atoms with Crippen LogP contribution in [0.5, 0.6) is 0 Å². The van der Waals surface area contributed by atoms with E-state index < -0.39 is 23.5 Å². The summed E-state index contributed by atoms with van der Waals surface area (Å²) in [7, 11) is 1.94. The van der Waals surface area contributed by atoms with Crippen molar-refractivity contribution in [3.63, 3.8) is 0 Å². The van der Waals surface area contributed by atoms with E-state index in [2.05, 4.69) is 6.92 Å². The zero-order valence-corrected chi connectivity index (χ0v) is 18.9. The molecule has 3 rings (SSSR count). The molecule has 0 saturated heterocycles. The Morgan fingerprint density at radius 2 is 1.62 bits per heavy atom. The number of hydrogen-bond donors (Lipinski definition) is 0. The number of ether oxygens (including phenoxy) is 1. The largest absolute Gasteiger partial charge is 0.416 e. The van der Waals surface area contributed by atoms with Crippen LogP contribution >= 0.6 is 0 Å². The van der Waals surface area contributed by atoms with E-state index in [0.29, 0.717) is 18.7 Å². The Bertz CT molecular complexity index is 996. The Morgan fingerprint density at radius 1 is 1.00 bits per heavy atom. The number of nitrogens with zero attached hydrogens (tertiary/aromatic N) is 2. The van der Waals surface area contributed by atoms with Crippen LogP contribution in [-0.4, -0.2) is 30.9 Å². The molecule has 0 bridgehead atoms. The minimum atomic E-state index is -4.89. The summed E-state index contributed by atoms with van der Waals surface area (Å²) in [6.45, 7) is 2.32. The molecule has 9 heteroatoms. The molecule has 0 unspecified atom stereocenters. The van der Waals surface area contributed by atoms with Crippen molar-refractivity contribution in [2.45, 2.75) is 44.8 Å².